The van der Waals surface area contributed by atoms with Crippen molar-refractivity contribution in [3.63, 3.8) is 0 Å². The lowest BCUT2D eigenvalue weighted by molar-refractivity contribution is 0.179. The number of nitrogens with two attached hydrogens (primary N) is 1. The number of hydrogen-bond acceptors (Lipinski definition) is 8. The van der Waals surface area contributed by atoms with Crippen LogP contribution in [-0.4, -0.2) is 55.4 Å². The van der Waals surface area contributed by atoms with Crippen LogP contribution in [0, 0.1) is 11.2 Å². The Hall–Kier alpha value is -4.31. The number of nitrogens with one attached hydrogen (secondary N) is 2. The van der Waals surface area contributed by atoms with Crippen LogP contribution in [0.25, 0.3) is 22.3 Å². The summed E-state index contributed by atoms with van der Waals surface area (Å²) in [6, 6.07) is 10.4. The quantitative estimate of drug-likeness (QED) is 0.372. The van der Waals surface area contributed by atoms with Gasteiger partial charge in [0.25, 0.3) is 0 Å². The summed E-state index contributed by atoms with van der Waals surface area (Å²) in [4.78, 5) is 15.8. The maximum atomic E-state index is 13.6. The third kappa shape index (κ3) is 4.26. The van der Waals surface area contributed by atoms with E-state index in [1.807, 2.05) is 24.5 Å². The van der Waals surface area contributed by atoms with Crippen molar-refractivity contribution in [3.05, 3.63) is 78.8 Å². The maximum absolute atomic E-state index is 13.6. The lowest BCUT2D eigenvalue weighted by Crippen LogP contribution is -2.66. The van der Waals surface area contributed by atoms with E-state index in [0.717, 1.165) is 54.0 Å². The van der Waals surface area contributed by atoms with Crippen LogP contribution in [0.5, 0.6) is 0 Å². The molecular weight excluding hydrogens is 481 g/mol. The molecule has 38 heavy (non-hydrogen) atoms. The van der Waals surface area contributed by atoms with Crippen molar-refractivity contribution in [1.29, 1.82) is 5.41 Å². The van der Waals surface area contributed by atoms with Crippen molar-refractivity contribution >= 4 is 28.3 Å². The van der Waals surface area contributed by atoms with E-state index in [-0.39, 0.29) is 5.82 Å². The number of benzene rings is 1. The van der Waals surface area contributed by atoms with E-state index < -0.39 is 5.54 Å². The van der Waals surface area contributed by atoms with Gasteiger partial charge in [-0.2, -0.15) is 0 Å². The third-order valence-electron chi connectivity index (χ3n) is 7.48. The van der Waals surface area contributed by atoms with Gasteiger partial charge in [-0.15, -0.1) is 0 Å². The van der Waals surface area contributed by atoms with Crippen LogP contribution in [0.3, 0.4) is 0 Å². The van der Waals surface area contributed by atoms with Crippen LogP contribution >= 0.6 is 0 Å². The normalized spacial score (nSPS) is 19.6. The number of imidazole rings is 1. The molecule has 1 aromatic carbocycles. The molecule has 1 spiro atoms. The molecule has 0 saturated carbocycles. The van der Waals surface area contributed by atoms with Crippen LogP contribution in [0.4, 0.5) is 15.9 Å². The number of hydrogen-bond donors (Lipinski definition) is 3. The van der Waals surface area contributed by atoms with Gasteiger partial charge in [-0.05, 0) is 67.8 Å². The SMILES string of the molecule is CCN1C=CC(=N)C2(CCCN(c3cnc(-c4ccc(F)cc4)cc3Cn3cnc4c(N)nccc43)C2)N1. The molecule has 1 fully saturated rings. The van der Waals surface area contributed by atoms with Crippen LogP contribution in [-0.2, 0) is 6.54 Å². The number of halogens is 1. The highest BCUT2D eigenvalue weighted by Crippen LogP contribution is 2.33. The molecule has 5 heterocycles. The predicted octanol–water partition coefficient (Wildman–Crippen LogP) is 3.98. The van der Waals surface area contributed by atoms with E-state index in [1.165, 1.54) is 12.1 Å². The fraction of sp³-hybridized carbons (Fsp3) is 0.286. The minimum absolute atomic E-state index is 0.280. The molecule has 3 aromatic heterocycles. The number of rotatable bonds is 5. The molecule has 2 aliphatic rings. The van der Waals surface area contributed by atoms with E-state index in [9.17, 15) is 4.39 Å². The molecular formula is C28H30FN9. The Kier molecular flexibility index (Phi) is 6.03. The summed E-state index contributed by atoms with van der Waals surface area (Å²) in [6.45, 7) is 4.96. The number of anilines is 2. The monoisotopic (exact) mass is 511 g/mol. The molecule has 9 nitrogen and oxygen atoms in total. The first-order chi connectivity index (χ1) is 18.5. The van der Waals surface area contributed by atoms with Crippen molar-refractivity contribution in [2.45, 2.75) is 31.8 Å². The highest BCUT2D eigenvalue weighted by molar-refractivity contribution is 6.01. The molecule has 10 heteroatoms. The minimum atomic E-state index is -0.461. The molecule has 2 aliphatic heterocycles. The highest BCUT2D eigenvalue weighted by atomic mass is 19.1. The van der Waals surface area contributed by atoms with Gasteiger partial charge in [0.2, 0.25) is 0 Å². The zero-order valence-electron chi connectivity index (χ0n) is 21.2. The van der Waals surface area contributed by atoms with Gasteiger partial charge in [-0.3, -0.25) is 4.98 Å². The van der Waals surface area contributed by atoms with Crippen molar-refractivity contribution in [2.24, 2.45) is 0 Å². The molecule has 0 amide bonds. The molecule has 1 atom stereocenters. The van der Waals surface area contributed by atoms with Crippen LogP contribution < -0.4 is 16.1 Å². The summed E-state index contributed by atoms with van der Waals surface area (Å²) < 4.78 is 15.7. The van der Waals surface area contributed by atoms with Crippen LogP contribution in [0.1, 0.15) is 25.3 Å². The Morgan fingerprint density at radius 1 is 1.16 bits per heavy atom. The first-order valence-corrected chi connectivity index (χ1v) is 12.8. The Morgan fingerprint density at radius 3 is 2.82 bits per heavy atom. The summed E-state index contributed by atoms with van der Waals surface area (Å²) in [5, 5.41) is 10.8. The number of piperidine rings is 1. The van der Waals surface area contributed by atoms with E-state index in [1.54, 1.807) is 24.7 Å². The molecule has 4 N–H and O–H groups in total. The minimum Gasteiger partial charge on any atom is -0.382 e. The Bertz CT molecular complexity index is 1530. The Balaban J connectivity index is 1.41. The van der Waals surface area contributed by atoms with Gasteiger partial charge < -0.3 is 25.6 Å². The molecule has 1 saturated heterocycles. The second-order valence-corrected chi connectivity index (χ2v) is 9.88. The number of aromatic nitrogens is 4. The van der Waals surface area contributed by atoms with E-state index >= 15 is 0 Å². The molecule has 1 unspecified atom stereocenters. The smallest absolute Gasteiger partial charge is 0.151 e. The molecule has 0 radical (unpaired) electrons. The van der Waals surface area contributed by atoms with Crippen molar-refractivity contribution in [3.8, 4) is 11.3 Å². The second-order valence-electron chi connectivity index (χ2n) is 9.88. The van der Waals surface area contributed by atoms with E-state index in [4.69, 9.17) is 16.1 Å². The van der Waals surface area contributed by atoms with Crippen LogP contribution in [0.2, 0.25) is 0 Å². The van der Waals surface area contributed by atoms with E-state index in [0.29, 0.717) is 30.1 Å². The molecule has 0 bridgehead atoms. The second kappa shape index (κ2) is 9.53. The van der Waals surface area contributed by atoms with Gasteiger partial charge in [0, 0.05) is 37.6 Å². The zero-order chi connectivity index (χ0) is 26.3. The summed E-state index contributed by atoms with van der Waals surface area (Å²) in [5.41, 5.74) is 15.0. The first-order valence-electron chi connectivity index (χ1n) is 12.8. The fourth-order valence-electron chi connectivity index (χ4n) is 5.46. The first kappa shape index (κ1) is 24.1. The number of hydrazine groups is 1. The summed E-state index contributed by atoms with van der Waals surface area (Å²) in [5.74, 6) is 0.120. The van der Waals surface area contributed by atoms with Gasteiger partial charge in [-0.25, -0.2) is 19.8 Å². The van der Waals surface area contributed by atoms with E-state index in [2.05, 4.69) is 42.9 Å². The van der Waals surface area contributed by atoms with Crippen molar-refractivity contribution in [2.75, 3.05) is 30.3 Å². The summed E-state index contributed by atoms with van der Waals surface area (Å²) >= 11 is 0. The average molecular weight is 512 g/mol. The zero-order valence-corrected chi connectivity index (χ0v) is 21.2. The fourth-order valence-corrected chi connectivity index (χ4v) is 5.46. The lowest BCUT2D eigenvalue weighted by atomic mass is 9.83. The van der Waals surface area contributed by atoms with Gasteiger partial charge in [-0.1, -0.05) is 0 Å². The van der Waals surface area contributed by atoms with Gasteiger partial charge >= 0.3 is 0 Å². The Morgan fingerprint density at radius 2 is 2.00 bits per heavy atom. The number of nitrogen functional groups attached to an aromatic ring is 1. The highest BCUT2D eigenvalue weighted by Gasteiger charge is 2.41. The van der Waals surface area contributed by atoms with Gasteiger partial charge in [0.05, 0.1) is 47.2 Å². The lowest BCUT2D eigenvalue weighted by Gasteiger charge is -2.48. The molecule has 6 rings (SSSR count). The largest absolute Gasteiger partial charge is 0.382 e. The summed E-state index contributed by atoms with van der Waals surface area (Å²) in [7, 11) is 0. The van der Waals surface area contributed by atoms with Crippen molar-refractivity contribution in [1.82, 2.24) is 30.0 Å². The standard InChI is InChI=1S/C28H30FN9/c1-2-38-13-9-25(30)28(35-38)10-3-12-36(17-28)24-15-33-22(19-4-6-21(29)7-5-19)14-20(24)16-37-18-34-26-23(37)8-11-32-27(26)31/h4-9,11,13-15,18,30,35H,2-3,10,12,16-17H2,1H3,(H2,31,32). The van der Waals surface area contributed by atoms with Gasteiger partial charge in [0.15, 0.2) is 5.82 Å². The maximum Gasteiger partial charge on any atom is 0.151 e. The number of pyridine rings is 2. The molecule has 4 aromatic rings. The topological polar surface area (TPSA) is 112 Å². The van der Waals surface area contributed by atoms with Crippen LogP contribution in [0.15, 0.2) is 67.4 Å². The molecule has 0 aliphatic carbocycles. The third-order valence-corrected chi connectivity index (χ3v) is 7.48. The number of fused-ring (bicyclic) bond motifs is 1. The number of nitrogens with zero attached hydrogens (tertiary/aromatic N) is 6. The Labute approximate surface area is 220 Å². The average Bonchev–Trinajstić information content (AvgIpc) is 3.35. The van der Waals surface area contributed by atoms with Crippen molar-refractivity contribution < 1.29 is 4.39 Å². The summed E-state index contributed by atoms with van der Waals surface area (Å²) in [6.07, 6.45) is 11.0. The predicted molar refractivity (Wildman–Crippen MR) is 147 cm³/mol. The van der Waals surface area contributed by atoms with Gasteiger partial charge in [0.1, 0.15) is 11.3 Å². The molecule has 194 valence electrons.